The number of unbranched alkanes of at least 4 members (excludes halogenated alkanes) is 1. The SMILES string of the molecule is CC(=O)C(CCCCNC(=O)OC(C)(C)C)NOCC1c2ccccc2-c2ccccc21. The molecule has 0 saturated carbocycles. The fourth-order valence-corrected chi connectivity index (χ4v) is 3.99. The smallest absolute Gasteiger partial charge is 0.407 e. The zero-order valence-electron chi connectivity index (χ0n) is 19.4. The topological polar surface area (TPSA) is 76.7 Å². The van der Waals surface area contributed by atoms with Gasteiger partial charge in [-0.2, -0.15) is 5.48 Å². The summed E-state index contributed by atoms with van der Waals surface area (Å²) >= 11 is 0. The lowest BCUT2D eigenvalue weighted by Gasteiger charge is -2.20. The van der Waals surface area contributed by atoms with Crippen LogP contribution in [0.3, 0.4) is 0 Å². The molecule has 1 aliphatic rings. The van der Waals surface area contributed by atoms with Crippen LogP contribution in [0.4, 0.5) is 4.79 Å². The van der Waals surface area contributed by atoms with Crippen molar-refractivity contribution in [3.05, 3.63) is 59.7 Å². The number of rotatable bonds is 10. The number of fused-ring (bicyclic) bond motifs is 3. The molecule has 2 aromatic rings. The highest BCUT2D eigenvalue weighted by atomic mass is 16.6. The summed E-state index contributed by atoms with van der Waals surface area (Å²) in [5.41, 5.74) is 7.47. The first-order valence-electron chi connectivity index (χ1n) is 11.3. The summed E-state index contributed by atoms with van der Waals surface area (Å²) in [5.74, 6) is 0.179. The van der Waals surface area contributed by atoms with Crippen LogP contribution in [0.25, 0.3) is 11.1 Å². The van der Waals surface area contributed by atoms with Crippen LogP contribution < -0.4 is 10.8 Å². The highest BCUT2D eigenvalue weighted by Crippen LogP contribution is 2.44. The number of carbonyl (C=O) groups is 2. The summed E-state index contributed by atoms with van der Waals surface area (Å²) in [6.45, 7) is 8.03. The average Bonchev–Trinajstić information content (AvgIpc) is 3.05. The molecule has 0 radical (unpaired) electrons. The summed E-state index contributed by atoms with van der Waals surface area (Å²) < 4.78 is 5.22. The van der Waals surface area contributed by atoms with E-state index in [0.29, 0.717) is 19.6 Å². The van der Waals surface area contributed by atoms with Crippen molar-refractivity contribution in [3.63, 3.8) is 0 Å². The molecule has 0 spiro atoms. The predicted molar refractivity (Wildman–Crippen MR) is 125 cm³/mol. The molecule has 0 aliphatic heterocycles. The molecule has 0 bridgehead atoms. The molecule has 0 saturated heterocycles. The Bertz CT molecular complexity index is 890. The van der Waals surface area contributed by atoms with Crippen molar-refractivity contribution in [1.82, 2.24) is 10.8 Å². The number of carbonyl (C=O) groups excluding carboxylic acids is 2. The Kier molecular flexibility index (Phi) is 8.04. The number of nitrogens with one attached hydrogen (secondary N) is 2. The molecule has 0 aromatic heterocycles. The van der Waals surface area contributed by atoms with Crippen LogP contribution in [0, 0.1) is 0 Å². The van der Waals surface area contributed by atoms with Gasteiger partial charge in [-0.15, -0.1) is 0 Å². The van der Waals surface area contributed by atoms with E-state index in [1.54, 1.807) is 6.92 Å². The van der Waals surface area contributed by atoms with Gasteiger partial charge in [-0.25, -0.2) is 4.79 Å². The molecule has 3 rings (SSSR count). The van der Waals surface area contributed by atoms with Crippen molar-refractivity contribution in [2.24, 2.45) is 0 Å². The quantitative estimate of drug-likeness (QED) is 0.404. The second-order valence-corrected chi connectivity index (χ2v) is 9.24. The van der Waals surface area contributed by atoms with E-state index in [-0.39, 0.29) is 17.7 Å². The molecule has 1 unspecified atom stereocenters. The second-order valence-electron chi connectivity index (χ2n) is 9.24. The molecule has 32 heavy (non-hydrogen) atoms. The highest BCUT2D eigenvalue weighted by molar-refractivity contribution is 5.81. The summed E-state index contributed by atoms with van der Waals surface area (Å²) in [6, 6.07) is 16.4. The van der Waals surface area contributed by atoms with Gasteiger partial charge in [0.05, 0.1) is 12.6 Å². The number of amides is 1. The van der Waals surface area contributed by atoms with Gasteiger partial charge in [-0.1, -0.05) is 48.5 Å². The van der Waals surface area contributed by atoms with Crippen molar-refractivity contribution in [2.75, 3.05) is 13.2 Å². The van der Waals surface area contributed by atoms with E-state index in [1.165, 1.54) is 22.3 Å². The van der Waals surface area contributed by atoms with Gasteiger partial charge in [0.15, 0.2) is 0 Å². The van der Waals surface area contributed by atoms with E-state index in [0.717, 1.165) is 12.8 Å². The number of ketones is 1. The van der Waals surface area contributed by atoms with Crippen molar-refractivity contribution in [2.45, 2.75) is 64.5 Å². The standard InChI is InChI=1S/C26H34N2O4/c1-18(29)24(15-9-10-16-27-25(30)32-26(2,3)4)28-31-17-23-21-13-7-5-11-19(21)20-12-6-8-14-22(20)23/h5-8,11-14,23-24,28H,9-10,15-17H2,1-4H3,(H,27,30). The first-order chi connectivity index (χ1) is 15.3. The molecule has 6 heteroatoms. The molecule has 2 aromatic carbocycles. The third-order valence-electron chi connectivity index (χ3n) is 5.52. The van der Waals surface area contributed by atoms with Crippen LogP contribution >= 0.6 is 0 Å². The van der Waals surface area contributed by atoms with Crippen molar-refractivity contribution in [1.29, 1.82) is 0 Å². The minimum atomic E-state index is -0.509. The number of benzene rings is 2. The second kappa shape index (κ2) is 10.7. The summed E-state index contributed by atoms with van der Waals surface area (Å²) in [7, 11) is 0. The number of hydrogen-bond acceptors (Lipinski definition) is 5. The van der Waals surface area contributed by atoms with Crippen LogP contribution in [0.5, 0.6) is 0 Å². The number of ether oxygens (including phenoxy) is 1. The van der Waals surface area contributed by atoms with Gasteiger partial charge in [0.1, 0.15) is 11.4 Å². The maximum Gasteiger partial charge on any atom is 0.407 e. The van der Waals surface area contributed by atoms with Gasteiger partial charge in [0.2, 0.25) is 0 Å². The molecule has 172 valence electrons. The highest BCUT2D eigenvalue weighted by Gasteiger charge is 2.28. The van der Waals surface area contributed by atoms with Gasteiger partial charge < -0.3 is 14.9 Å². The van der Waals surface area contributed by atoms with E-state index >= 15 is 0 Å². The van der Waals surface area contributed by atoms with E-state index in [9.17, 15) is 9.59 Å². The Hall–Kier alpha value is -2.70. The Morgan fingerprint density at radius 1 is 0.969 bits per heavy atom. The Labute approximate surface area is 190 Å². The predicted octanol–water partition coefficient (Wildman–Crippen LogP) is 4.97. The molecule has 1 atom stereocenters. The zero-order valence-corrected chi connectivity index (χ0v) is 19.4. The summed E-state index contributed by atoms with van der Waals surface area (Å²) in [4.78, 5) is 29.6. The molecule has 0 fully saturated rings. The fraction of sp³-hybridized carbons (Fsp3) is 0.462. The molecule has 2 N–H and O–H groups in total. The summed E-state index contributed by atoms with van der Waals surface area (Å²) in [6.07, 6.45) is 1.77. The lowest BCUT2D eigenvalue weighted by Crippen LogP contribution is -2.36. The largest absolute Gasteiger partial charge is 0.444 e. The van der Waals surface area contributed by atoms with Crippen LogP contribution in [0.1, 0.15) is 64.0 Å². The molecule has 6 nitrogen and oxygen atoms in total. The van der Waals surface area contributed by atoms with E-state index in [4.69, 9.17) is 9.57 Å². The Morgan fingerprint density at radius 2 is 1.56 bits per heavy atom. The van der Waals surface area contributed by atoms with Crippen molar-refractivity contribution >= 4 is 11.9 Å². The first-order valence-corrected chi connectivity index (χ1v) is 11.3. The van der Waals surface area contributed by atoms with E-state index in [1.807, 2.05) is 20.8 Å². The molecular weight excluding hydrogens is 404 g/mol. The normalized spacial score (nSPS) is 13.9. The minimum Gasteiger partial charge on any atom is -0.444 e. The number of alkyl carbamates (subject to hydrolysis) is 1. The van der Waals surface area contributed by atoms with Crippen LogP contribution in [-0.4, -0.2) is 36.7 Å². The van der Waals surface area contributed by atoms with Gasteiger partial charge in [-0.3, -0.25) is 4.79 Å². The van der Waals surface area contributed by atoms with E-state index in [2.05, 4.69) is 59.3 Å². The molecular formula is C26H34N2O4. The Morgan fingerprint density at radius 3 is 2.12 bits per heavy atom. The number of hydroxylamine groups is 1. The maximum atomic E-state index is 12.1. The van der Waals surface area contributed by atoms with Gasteiger partial charge in [-0.05, 0) is 69.2 Å². The van der Waals surface area contributed by atoms with Gasteiger partial charge in [0.25, 0.3) is 0 Å². The van der Waals surface area contributed by atoms with Crippen LogP contribution in [-0.2, 0) is 14.4 Å². The minimum absolute atomic E-state index is 0.0392. The maximum absolute atomic E-state index is 12.1. The van der Waals surface area contributed by atoms with Crippen LogP contribution in [0.15, 0.2) is 48.5 Å². The lowest BCUT2D eigenvalue weighted by molar-refractivity contribution is -0.123. The number of hydrogen-bond donors (Lipinski definition) is 2. The zero-order chi connectivity index (χ0) is 23.1. The van der Waals surface area contributed by atoms with Crippen LogP contribution in [0.2, 0.25) is 0 Å². The van der Waals surface area contributed by atoms with Crippen molar-refractivity contribution in [3.8, 4) is 11.1 Å². The third kappa shape index (κ3) is 6.40. The van der Waals surface area contributed by atoms with E-state index < -0.39 is 11.7 Å². The molecule has 1 aliphatic carbocycles. The Balaban J connectivity index is 1.45. The average molecular weight is 439 g/mol. The molecule has 1 amide bonds. The van der Waals surface area contributed by atoms with Crippen molar-refractivity contribution < 1.29 is 19.2 Å². The third-order valence-corrected chi connectivity index (χ3v) is 5.52. The van der Waals surface area contributed by atoms with Gasteiger partial charge >= 0.3 is 6.09 Å². The number of Topliss-reactive ketones (excluding diaryl/α,β-unsaturated/α-hetero) is 1. The monoisotopic (exact) mass is 438 g/mol. The first kappa shape index (κ1) is 24.0. The molecule has 0 heterocycles. The summed E-state index contributed by atoms with van der Waals surface area (Å²) in [5, 5.41) is 2.74. The fourth-order valence-electron chi connectivity index (χ4n) is 3.99. The van der Waals surface area contributed by atoms with Gasteiger partial charge in [0, 0.05) is 12.5 Å². The lowest BCUT2D eigenvalue weighted by atomic mass is 9.98.